The summed E-state index contributed by atoms with van der Waals surface area (Å²) < 4.78 is 16.5. The molecule has 9 heteroatoms. The highest BCUT2D eigenvalue weighted by molar-refractivity contribution is 6.01. The van der Waals surface area contributed by atoms with Gasteiger partial charge in [0.2, 0.25) is 5.75 Å². The minimum absolute atomic E-state index is 0.00966. The van der Waals surface area contributed by atoms with Crippen molar-refractivity contribution in [2.45, 2.75) is 24.7 Å². The second-order valence-corrected chi connectivity index (χ2v) is 9.29. The largest absolute Gasteiger partial charge is 0.493 e. The number of ether oxygens (including phenoxy) is 3. The maximum Gasteiger partial charge on any atom is 0.270 e. The van der Waals surface area contributed by atoms with Gasteiger partial charge < -0.3 is 24.4 Å². The quantitative estimate of drug-likeness (QED) is 0.483. The molecule has 0 radical (unpaired) electrons. The van der Waals surface area contributed by atoms with Gasteiger partial charge in [-0.1, -0.05) is 12.1 Å². The molecule has 2 heterocycles. The summed E-state index contributed by atoms with van der Waals surface area (Å²) in [6.45, 7) is 0. The Bertz CT molecular complexity index is 1380. The van der Waals surface area contributed by atoms with Gasteiger partial charge in [0.15, 0.2) is 17.3 Å². The van der Waals surface area contributed by atoms with Gasteiger partial charge in [-0.2, -0.15) is 0 Å². The predicted octanol–water partition coefficient (Wildman–Crippen LogP) is 3.75. The zero-order valence-electron chi connectivity index (χ0n) is 21.0. The Labute approximate surface area is 209 Å². The van der Waals surface area contributed by atoms with Crippen LogP contribution in [0.15, 0.2) is 52.5 Å². The summed E-state index contributed by atoms with van der Waals surface area (Å²) in [6, 6.07) is 11.8. The van der Waals surface area contributed by atoms with Gasteiger partial charge in [-0.3, -0.25) is 19.8 Å². The molecule has 2 atom stereocenters. The van der Waals surface area contributed by atoms with E-state index in [-0.39, 0.29) is 17.3 Å². The van der Waals surface area contributed by atoms with Crippen LogP contribution in [-0.4, -0.2) is 51.4 Å². The average molecular weight is 491 g/mol. The Hall–Kier alpha value is -4.14. The number of allylic oxidation sites excluding steroid dienone is 2. The van der Waals surface area contributed by atoms with E-state index >= 15 is 0 Å². The topological polar surface area (TPSA) is 109 Å². The van der Waals surface area contributed by atoms with Crippen molar-refractivity contribution in [1.29, 1.82) is 0 Å². The first-order valence-corrected chi connectivity index (χ1v) is 11.8. The molecule has 0 saturated heterocycles. The number of H-pyrrole nitrogens is 2. The van der Waals surface area contributed by atoms with E-state index in [1.54, 1.807) is 21.3 Å². The second kappa shape index (κ2) is 9.14. The lowest BCUT2D eigenvalue weighted by Crippen LogP contribution is -2.31. The fourth-order valence-electron chi connectivity index (χ4n) is 5.29. The molecule has 3 N–H and O–H groups in total. The highest BCUT2D eigenvalue weighted by Crippen LogP contribution is 2.48. The number of anilines is 2. The van der Waals surface area contributed by atoms with Crippen LogP contribution in [0.3, 0.4) is 0 Å². The van der Waals surface area contributed by atoms with Gasteiger partial charge in [0.05, 0.1) is 26.9 Å². The molecule has 0 saturated carbocycles. The van der Waals surface area contributed by atoms with Crippen molar-refractivity contribution in [3.05, 3.63) is 74.7 Å². The SMILES string of the molecule is COc1cc([C@@H]2CC(=O)C3=C(C2)Nc2[nH][nH]c(=O)c2[C@H]3c2ccc(N(C)C)cc2)cc(OC)c1OC. The number of rotatable bonds is 6. The van der Waals surface area contributed by atoms with Gasteiger partial charge in [0.1, 0.15) is 5.82 Å². The van der Waals surface area contributed by atoms with Gasteiger partial charge in [-0.15, -0.1) is 0 Å². The molecule has 0 fully saturated rings. The van der Waals surface area contributed by atoms with Crippen LogP contribution in [0, 0.1) is 0 Å². The van der Waals surface area contributed by atoms with Crippen molar-refractivity contribution in [3.8, 4) is 17.2 Å². The van der Waals surface area contributed by atoms with Crippen LogP contribution >= 0.6 is 0 Å². The monoisotopic (exact) mass is 490 g/mol. The number of benzene rings is 2. The zero-order valence-corrected chi connectivity index (χ0v) is 21.0. The molecule has 2 aromatic carbocycles. The molecular weight excluding hydrogens is 460 g/mol. The van der Waals surface area contributed by atoms with E-state index in [1.807, 2.05) is 55.4 Å². The molecule has 5 rings (SSSR count). The van der Waals surface area contributed by atoms with Crippen LogP contribution in [0.1, 0.15) is 41.4 Å². The molecule has 1 aliphatic carbocycles. The number of aromatic nitrogens is 2. The van der Waals surface area contributed by atoms with Crippen LogP contribution < -0.4 is 30.0 Å². The van der Waals surface area contributed by atoms with Crippen LogP contribution in [-0.2, 0) is 4.79 Å². The number of carbonyl (C=O) groups excluding carboxylic acids is 1. The average Bonchev–Trinajstić information content (AvgIpc) is 3.26. The Morgan fingerprint density at radius 2 is 1.53 bits per heavy atom. The number of hydrogen-bond donors (Lipinski definition) is 3. The van der Waals surface area contributed by atoms with E-state index in [2.05, 4.69) is 15.5 Å². The predicted molar refractivity (Wildman–Crippen MR) is 138 cm³/mol. The fourth-order valence-corrected chi connectivity index (χ4v) is 5.29. The van der Waals surface area contributed by atoms with Crippen molar-refractivity contribution in [2.24, 2.45) is 0 Å². The number of nitrogens with one attached hydrogen (secondary N) is 3. The van der Waals surface area contributed by atoms with Gasteiger partial charge in [0, 0.05) is 43.4 Å². The molecule has 36 heavy (non-hydrogen) atoms. The molecule has 1 aliphatic heterocycles. The first-order chi connectivity index (χ1) is 17.4. The molecule has 0 unspecified atom stereocenters. The van der Waals surface area contributed by atoms with Crippen LogP contribution in [0.4, 0.5) is 11.5 Å². The number of fused-ring (bicyclic) bond motifs is 1. The molecule has 0 amide bonds. The molecule has 3 aromatic rings. The molecule has 0 bridgehead atoms. The Morgan fingerprint density at radius 1 is 0.861 bits per heavy atom. The van der Waals surface area contributed by atoms with Gasteiger partial charge in [-0.05, 0) is 47.7 Å². The third kappa shape index (κ3) is 3.80. The van der Waals surface area contributed by atoms with Crippen molar-refractivity contribution < 1.29 is 19.0 Å². The fraction of sp³-hybridized carbons (Fsp3) is 0.333. The van der Waals surface area contributed by atoms with E-state index in [1.165, 1.54) is 0 Å². The summed E-state index contributed by atoms with van der Waals surface area (Å²) in [7, 11) is 8.67. The highest BCUT2D eigenvalue weighted by Gasteiger charge is 2.40. The van der Waals surface area contributed by atoms with Gasteiger partial charge in [0.25, 0.3) is 5.56 Å². The highest BCUT2D eigenvalue weighted by atomic mass is 16.5. The Balaban J connectivity index is 1.58. The normalized spacial score (nSPS) is 18.8. The van der Waals surface area contributed by atoms with Crippen molar-refractivity contribution in [2.75, 3.05) is 45.6 Å². The molecule has 1 aromatic heterocycles. The maximum absolute atomic E-state index is 13.7. The third-order valence-corrected chi connectivity index (χ3v) is 7.08. The number of Topliss-reactive ketones (excluding diaryl/α,β-unsaturated/α-hetero) is 1. The summed E-state index contributed by atoms with van der Waals surface area (Å²) in [5.74, 6) is 1.67. The zero-order chi connectivity index (χ0) is 25.6. The van der Waals surface area contributed by atoms with Gasteiger partial charge >= 0.3 is 0 Å². The Morgan fingerprint density at radius 3 is 2.11 bits per heavy atom. The smallest absolute Gasteiger partial charge is 0.270 e. The summed E-state index contributed by atoms with van der Waals surface area (Å²) in [5, 5.41) is 8.97. The van der Waals surface area contributed by atoms with E-state index in [0.29, 0.717) is 47.0 Å². The number of aromatic amines is 2. The lowest BCUT2D eigenvalue weighted by molar-refractivity contribution is -0.116. The lowest BCUT2D eigenvalue weighted by atomic mass is 9.72. The minimum Gasteiger partial charge on any atom is -0.493 e. The first kappa shape index (κ1) is 23.6. The van der Waals surface area contributed by atoms with Crippen molar-refractivity contribution in [1.82, 2.24) is 10.2 Å². The third-order valence-electron chi connectivity index (χ3n) is 7.08. The van der Waals surface area contributed by atoms with Crippen LogP contribution in [0.2, 0.25) is 0 Å². The number of methoxy groups -OCH3 is 3. The van der Waals surface area contributed by atoms with Gasteiger partial charge in [-0.25, -0.2) is 0 Å². The van der Waals surface area contributed by atoms with E-state index in [9.17, 15) is 9.59 Å². The minimum atomic E-state index is -0.448. The number of ketones is 1. The number of nitrogens with zero attached hydrogens (tertiary/aromatic N) is 1. The standard InChI is InChI=1S/C27H30N4O5/c1-31(2)17-8-6-14(7-9-17)22-23-18(28-26-24(22)27(33)30-29-26)10-15(11-19(23)32)16-12-20(34-3)25(36-5)21(13-16)35-4/h6-9,12-13,15,22H,10-11H2,1-5H3,(H3,28,29,30,33)/t15-,22-/m0/s1. The van der Waals surface area contributed by atoms with Crippen molar-refractivity contribution >= 4 is 17.3 Å². The number of carbonyl (C=O) groups is 1. The van der Waals surface area contributed by atoms with Crippen LogP contribution in [0.5, 0.6) is 17.2 Å². The second-order valence-electron chi connectivity index (χ2n) is 9.29. The maximum atomic E-state index is 13.7. The Kier molecular flexibility index (Phi) is 5.99. The summed E-state index contributed by atoms with van der Waals surface area (Å²) in [6.07, 6.45) is 0.904. The van der Waals surface area contributed by atoms with Crippen LogP contribution in [0.25, 0.3) is 0 Å². The molecule has 0 spiro atoms. The van der Waals surface area contributed by atoms with E-state index in [4.69, 9.17) is 14.2 Å². The van der Waals surface area contributed by atoms with E-state index in [0.717, 1.165) is 22.5 Å². The number of hydrogen-bond acceptors (Lipinski definition) is 7. The summed E-state index contributed by atoms with van der Waals surface area (Å²) in [4.78, 5) is 28.5. The molecule has 188 valence electrons. The first-order valence-electron chi connectivity index (χ1n) is 11.8. The van der Waals surface area contributed by atoms with Crippen molar-refractivity contribution in [3.63, 3.8) is 0 Å². The summed E-state index contributed by atoms with van der Waals surface area (Å²) in [5.41, 5.74) is 4.63. The molecule has 2 aliphatic rings. The van der Waals surface area contributed by atoms with E-state index < -0.39 is 5.92 Å². The molecule has 9 nitrogen and oxygen atoms in total. The lowest BCUT2D eigenvalue weighted by Gasteiger charge is -2.35. The molecular formula is C27H30N4O5. The summed E-state index contributed by atoms with van der Waals surface area (Å²) >= 11 is 0.